The first-order valence-corrected chi connectivity index (χ1v) is 18.7. The first-order chi connectivity index (χ1) is 26.4. The number of hydrogen-bond donors (Lipinski definition) is 2. The second-order valence-corrected chi connectivity index (χ2v) is 13.3. The van der Waals surface area contributed by atoms with Crippen molar-refractivity contribution in [1.82, 2.24) is 50.2 Å². The molecule has 0 amide bonds. The van der Waals surface area contributed by atoms with E-state index in [1.165, 1.54) is 75.8 Å². The van der Waals surface area contributed by atoms with E-state index in [1.807, 2.05) is 24.3 Å². The summed E-state index contributed by atoms with van der Waals surface area (Å²) in [6, 6.07) is 16.5. The fraction of sp³-hybridized carbons (Fsp3) is 0.556. The van der Waals surface area contributed by atoms with Gasteiger partial charge in [0.15, 0.2) is 0 Å². The number of aromatic nitrogens is 8. The molecule has 0 saturated carbocycles. The minimum atomic E-state index is -1.24. The molecule has 6 rings (SSSR count). The van der Waals surface area contributed by atoms with Crippen LogP contribution >= 0.6 is 0 Å². The number of tetrazole rings is 2. The number of likely N-dealkylation sites (tertiary alicyclic amines) is 2. The number of nitrogens with one attached hydrogen (secondary N) is 2. The third-order valence-corrected chi connectivity index (χ3v) is 8.87. The molecule has 2 aliphatic rings. The predicted molar refractivity (Wildman–Crippen MR) is 198 cm³/mol. The van der Waals surface area contributed by atoms with Crippen LogP contribution in [0.3, 0.4) is 0 Å². The summed E-state index contributed by atoms with van der Waals surface area (Å²) in [4.78, 5) is 26.2. The maximum absolute atomic E-state index is 10.6. The Hall–Kier alpha value is -2.13. The van der Waals surface area contributed by atoms with Crippen molar-refractivity contribution >= 4 is 23.8 Å². The van der Waals surface area contributed by atoms with Crippen molar-refractivity contribution in [2.45, 2.75) is 77.5 Å². The summed E-state index contributed by atoms with van der Waals surface area (Å²) in [6.45, 7) is 8.11. The molecule has 300 valence electrons. The number of carboxylic acids is 2. The molecule has 2 saturated heterocycles. The van der Waals surface area contributed by atoms with Gasteiger partial charge in [0.25, 0.3) is 0 Å². The topological polar surface area (TPSA) is 248 Å². The molecule has 2 fully saturated rings. The first kappa shape index (κ1) is 51.0. The van der Waals surface area contributed by atoms with E-state index in [2.05, 4.69) is 75.7 Å². The zero-order valence-electron chi connectivity index (χ0n) is 33.2. The third kappa shape index (κ3) is 19.7. The Morgan fingerprint density at radius 2 is 1.04 bits per heavy atom. The summed E-state index contributed by atoms with van der Waals surface area (Å²) in [5.41, 5.74) is 2.54. The van der Waals surface area contributed by atoms with Crippen LogP contribution in [0.25, 0.3) is 0 Å². The third-order valence-electron chi connectivity index (χ3n) is 8.87. The molecule has 4 heterocycles. The fourth-order valence-electron chi connectivity index (χ4n) is 6.26. The molecular formula is C36H52K2N12O7. The maximum Gasteiger partial charge on any atom is 1.00 e. The number of carboxylic acid groups (broad SMARTS) is 2. The van der Waals surface area contributed by atoms with Gasteiger partial charge in [-0.25, -0.2) is 9.36 Å². The summed E-state index contributed by atoms with van der Waals surface area (Å²) in [5.74, 6) is -0.126. The molecular weight excluding hydrogens is 791 g/mol. The molecule has 0 aliphatic carbocycles. The average molecular weight is 843 g/mol. The van der Waals surface area contributed by atoms with E-state index in [1.54, 1.807) is 0 Å². The number of rotatable bonds is 20. The van der Waals surface area contributed by atoms with Crippen LogP contribution in [0.15, 0.2) is 48.5 Å². The number of ether oxygens (including phenoxy) is 2. The Labute approximate surface area is 418 Å². The minimum Gasteiger partial charge on any atom is -0.548 e. The monoisotopic (exact) mass is 842 g/mol. The molecule has 2 aromatic carbocycles. The first-order valence-electron chi connectivity index (χ1n) is 18.7. The molecule has 0 radical (unpaired) electrons. The largest absolute Gasteiger partial charge is 1.00 e. The quantitative estimate of drug-likeness (QED) is 0.0621. The van der Waals surface area contributed by atoms with Gasteiger partial charge in [-0.3, -0.25) is 9.80 Å². The van der Waals surface area contributed by atoms with Crippen LogP contribution < -0.4 is 133 Å². The van der Waals surface area contributed by atoms with Gasteiger partial charge in [-0.15, -0.1) is 0 Å². The molecule has 0 bridgehead atoms. The normalized spacial score (nSPS) is 14.0. The van der Waals surface area contributed by atoms with E-state index in [9.17, 15) is 19.8 Å². The van der Waals surface area contributed by atoms with E-state index in [4.69, 9.17) is 9.47 Å². The second-order valence-electron chi connectivity index (χ2n) is 13.3. The van der Waals surface area contributed by atoms with Gasteiger partial charge in [-0.2, -0.15) is 0 Å². The molecule has 57 heavy (non-hydrogen) atoms. The van der Waals surface area contributed by atoms with E-state index in [0.29, 0.717) is 38.2 Å². The fourth-order valence-corrected chi connectivity index (χ4v) is 6.26. The minimum absolute atomic E-state index is 0. The number of benzene rings is 2. The van der Waals surface area contributed by atoms with E-state index in [0.717, 1.165) is 46.8 Å². The zero-order valence-corrected chi connectivity index (χ0v) is 39.4. The van der Waals surface area contributed by atoms with Gasteiger partial charge >= 0.3 is 103 Å². The van der Waals surface area contributed by atoms with Crippen molar-refractivity contribution in [2.75, 3.05) is 63.1 Å². The van der Waals surface area contributed by atoms with Crippen LogP contribution in [-0.2, 0) is 35.8 Å². The Bertz CT molecular complexity index is 1600. The Morgan fingerprint density at radius 1 is 0.632 bits per heavy atom. The van der Waals surface area contributed by atoms with Crippen molar-refractivity contribution in [3.05, 3.63) is 59.7 Å². The van der Waals surface area contributed by atoms with Crippen LogP contribution in [-0.4, -0.2) is 120 Å². The zero-order chi connectivity index (χ0) is 37.8. The van der Waals surface area contributed by atoms with E-state index in [-0.39, 0.29) is 121 Å². The van der Waals surface area contributed by atoms with Crippen LogP contribution in [0, 0.1) is 0 Å². The number of carbonyl (C=O) groups is 2. The average Bonchev–Trinajstić information content (AvgIpc) is 3.80. The molecule has 21 heteroatoms. The maximum atomic E-state index is 10.6. The summed E-state index contributed by atoms with van der Waals surface area (Å²) in [7, 11) is 0. The van der Waals surface area contributed by atoms with Gasteiger partial charge in [-0.1, -0.05) is 47.3 Å². The van der Waals surface area contributed by atoms with Crippen LogP contribution in [0.1, 0.15) is 62.5 Å². The summed E-state index contributed by atoms with van der Waals surface area (Å²) in [5, 5.41) is 48.8. The predicted octanol–water partition coefficient (Wildman–Crippen LogP) is -6.24. The van der Waals surface area contributed by atoms with Crippen molar-refractivity contribution < 1.29 is 138 Å². The number of aliphatic carboxylic acids is 2. The van der Waals surface area contributed by atoms with Crippen LogP contribution in [0.4, 0.5) is 11.9 Å². The van der Waals surface area contributed by atoms with Gasteiger partial charge in [-0.05, 0) is 121 Å². The molecule has 2 aromatic heterocycles. The Kier molecular flexibility index (Phi) is 26.1. The Morgan fingerprint density at radius 3 is 1.42 bits per heavy atom. The number of hydrogen-bond acceptors (Lipinski definition) is 16. The SMILES string of the molecule is O.O=C([O-])Cn1nnnc1NCCCOc1cccc(CN2CCCCC2)c1.O=C([O-])Cn1nnnc1NCCCOc1cccc(CN2CCCCC2)c1.[K+].[K+]. The van der Waals surface area contributed by atoms with E-state index >= 15 is 0 Å². The molecule has 0 atom stereocenters. The van der Waals surface area contributed by atoms with Gasteiger partial charge < -0.3 is 45.4 Å². The molecule has 4 aromatic rings. The number of piperidine rings is 2. The number of anilines is 2. The van der Waals surface area contributed by atoms with Crippen LogP contribution in [0.5, 0.6) is 11.5 Å². The van der Waals surface area contributed by atoms with Gasteiger partial charge in [0.05, 0.1) is 38.2 Å². The second kappa shape index (κ2) is 29.2. The number of carbonyl (C=O) groups excluding carboxylic acids is 2. The van der Waals surface area contributed by atoms with Gasteiger partial charge in [0, 0.05) is 26.2 Å². The Balaban J connectivity index is 0.000000374. The molecule has 2 aliphatic heterocycles. The molecule has 4 N–H and O–H groups in total. The smallest absolute Gasteiger partial charge is 0.548 e. The van der Waals surface area contributed by atoms with Crippen molar-refractivity contribution in [3.63, 3.8) is 0 Å². The van der Waals surface area contributed by atoms with Gasteiger partial charge in [0.2, 0.25) is 11.9 Å². The molecule has 19 nitrogen and oxygen atoms in total. The van der Waals surface area contributed by atoms with Crippen molar-refractivity contribution in [2.24, 2.45) is 0 Å². The summed E-state index contributed by atoms with van der Waals surface area (Å²) in [6.07, 6.45) is 9.29. The number of nitrogens with zero attached hydrogens (tertiary/aromatic N) is 10. The van der Waals surface area contributed by atoms with Crippen LogP contribution in [0.2, 0.25) is 0 Å². The van der Waals surface area contributed by atoms with Crippen molar-refractivity contribution in [3.8, 4) is 11.5 Å². The summed E-state index contributed by atoms with van der Waals surface area (Å²) < 4.78 is 14.0. The van der Waals surface area contributed by atoms with E-state index < -0.39 is 11.9 Å². The standard InChI is InChI=1S/2C18H26N6O3.2K.H2O/c2*25-17(26)14-24-18(20-21-22-24)19-8-5-11-27-16-7-4-6-15(12-16)13-23-9-2-1-3-10-23;;;/h2*4,6-7,12H,1-3,5,8-11,13-14H2,(H,25,26)(H,19,20,22);;;1H2/q;;2*+1;/p-2. The van der Waals surface area contributed by atoms with Crippen molar-refractivity contribution in [1.29, 1.82) is 0 Å². The summed E-state index contributed by atoms with van der Waals surface area (Å²) >= 11 is 0. The van der Waals surface area contributed by atoms with Gasteiger partial charge in [0.1, 0.15) is 11.5 Å². The molecule has 0 unspecified atom stereocenters. The molecule has 0 spiro atoms.